The number of benzene rings is 1. The van der Waals surface area contributed by atoms with E-state index in [1.54, 1.807) is 0 Å². The molecule has 114 valence electrons. The van der Waals surface area contributed by atoms with E-state index in [1.165, 1.54) is 6.92 Å². The fraction of sp³-hybridized carbons (Fsp3) is 0.167. The molecule has 2 aromatic rings. The Balaban J connectivity index is 2.44. The summed E-state index contributed by atoms with van der Waals surface area (Å²) < 4.78 is 58.0. The van der Waals surface area contributed by atoms with Crippen LogP contribution >= 0.6 is 15.9 Å². The van der Waals surface area contributed by atoms with E-state index in [9.17, 15) is 17.2 Å². The molecule has 0 aliphatic carbocycles. The summed E-state index contributed by atoms with van der Waals surface area (Å²) in [6.45, 7) is 0.925. The van der Waals surface area contributed by atoms with Crippen molar-refractivity contribution < 1.29 is 26.7 Å². The van der Waals surface area contributed by atoms with Crippen molar-refractivity contribution in [2.24, 2.45) is 0 Å². The molecule has 1 aromatic heterocycles. The third-order valence-electron chi connectivity index (χ3n) is 2.61. The number of aliphatic hydroxyl groups is 1. The third-order valence-corrected chi connectivity index (χ3v) is 4.69. The molecule has 0 aliphatic heterocycles. The number of anilines is 1. The van der Waals surface area contributed by atoms with Gasteiger partial charge in [-0.15, -0.1) is 0 Å². The van der Waals surface area contributed by atoms with Crippen LogP contribution < -0.4 is 4.72 Å². The largest absolute Gasteiger partial charge is 0.462 e. The maximum atomic E-state index is 13.7. The van der Waals surface area contributed by atoms with Gasteiger partial charge in [0.15, 0.2) is 5.82 Å². The number of hydrogen-bond acceptors (Lipinski definition) is 4. The molecule has 1 heterocycles. The lowest BCUT2D eigenvalue weighted by Crippen LogP contribution is -2.15. The van der Waals surface area contributed by atoms with Crippen molar-refractivity contribution in [1.29, 1.82) is 0 Å². The van der Waals surface area contributed by atoms with E-state index >= 15 is 0 Å². The minimum Gasteiger partial charge on any atom is -0.462 e. The van der Waals surface area contributed by atoms with Crippen molar-refractivity contribution >= 4 is 31.6 Å². The highest BCUT2D eigenvalue weighted by Crippen LogP contribution is 2.30. The standard InChI is InChI=1S/C12H10BrF2NO4S/c1-6-11(4-8(5-17)20-6)21(18,19)16-12-9(13)2-7(14)3-10(12)15/h2-4,16-17H,5H2,1H3. The van der Waals surface area contributed by atoms with Crippen LogP contribution in [0.25, 0.3) is 0 Å². The Morgan fingerprint density at radius 2 is 2.00 bits per heavy atom. The van der Waals surface area contributed by atoms with Crippen molar-refractivity contribution in [3.8, 4) is 0 Å². The van der Waals surface area contributed by atoms with E-state index in [0.717, 1.165) is 12.1 Å². The zero-order chi connectivity index (χ0) is 15.8. The molecule has 21 heavy (non-hydrogen) atoms. The number of aryl methyl sites for hydroxylation is 1. The zero-order valence-corrected chi connectivity index (χ0v) is 13.1. The van der Waals surface area contributed by atoms with Crippen LogP contribution in [0, 0.1) is 18.6 Å². The van der Waals surface area contributed by atoms with Gasteiger partial charge < -0.3 is 9.52 Å². The second kappa shape index (κ2) is 5.74. The molecular weight excluding hydrogens is 372 g/mol. The van der Waals surface area contributed by atoms with Gasteiger partial charge in [-0.05, 0) is 28.9 Å². The molecule has 9 heteroatoms. The maximum Gasteiger partial charge on any atom is 0.265 e. The number of hydrogen-bond donors (Lipinski definition) is 2. The van der Waals surface area contributed by atoms with Gasteiger partial charge in [-0.3, -0.25) is 4.72 Å². The monoisotopic (exact) mass is 381 g/mol. The van der Waals surface area contributed by atoms with Crippen molar-refractivity contribution in [3.05, 3.63) is 45.8 Å². The SMILES string of the molecule is Cc1oc(CO)cc1S(=O)(=O)Nc1c(F)cc(F)cc1Br. The molecule has 0 saturated carbocycles. The van der Waals surface area contributed by atoms with Crippen LogP contribution in [0.1, 0.15) is 11.5 Å². The summed E-state index contributed by atoms with van der Waals surface area (Å²) in [5.74, 6) is -1.80. The topological polar surface area (TPSA) is 79.5 Å². The summed E-state index contributed by atoms with van der Waals surface area (Å²) in [6.07, 6.45) is 0. The van der Waals surface area contributed by atoms with Gasteiger partial charge in [0.05, 0.1) is 5.69 Å². The van der Waals surface area contributed by atoms with Crippen LogP contribution in [0.2, 0.25) is 0 Å². The first-order valence-corrected chi connectivity index (χ1v) is 7.89. The molecule has 0 saturated heterocycles. The Bertz CT molecular complexity index is 766. The summed E-state index contributed by atoms with van der Waals surface area (Å²) in [4.78, 5) is -0.234. The lowest BCUT2D eigenvalue weighted by Gasteiger charge is -2.10. The predicted octanol–water partition coefficient (Wildman–Crippen LogP) is 2.92. The molecule has 2 rings (SSSR count). The smallest absolute Gasteiger partial charge is 0.265 e. The van der Waals surface area contributed by atoms with Crippen molar-refractivity contribution in [1.82, 2.24) is 0 Å². The normalized spacial score (nSPS) is 11.7. The van der Waals surface area contributed by atoms with Crippen LogP contribution in [0.4, 0.5) is 14.5 Å². The van der Waals surface area contributed by atoms with Gasteiger partial charge in [-0.2, -0.15) is 0 Å². The number of sulfonamides is 1. The molecular formula is C12H10BrF2NO4S. The van der Waals surface area contributed by atoms with Gasteiger partial charge in [0.1, 0.15) is 28.8 Å². The third kappa shape index (κ3) is 3.25. The van der Waals surface area contributed by atoms with Gasteiger partial charge in [-0.1, -0.05) is 0 Å². The van der Waals surface area contributed by atoms with E-state index in [4.69, 9.17) is 9.52 Å². The van der Waals surface area contributed by atoms with Crippen LogP contribution in [-0.2, 0) is 16.6 Å². The maximum absolute atomic E-state index is 13.7. The van der Waals surface area contributed by atoms with Crippen molar-refractivity contribution in [3.63, 3.8) is 0 Å². The number of halogens is 3. The van der Waals surface area contributed by atoms with E-state index in [2.05, 4.69) is 15.9 Å². The van der Waals surface area contributed by atoms with Gasteiger partial charge in [0, 0.05) is 16.6 Å². The molecule has 0 amide bonds. The highest BCUT2D eigenvalue weighted by atomic mass is 79.9. The Hall–Kier alpha value is -1.45. The summed E-state index contributed by atoms with van der Waals surface area (Å²) in [7, 11) is -4.14. The Morgan fingerprint density at radius 1 is 1.33 bits per heavy atom. The Labute approximate surface area is 127 Å². The minimum atomic E-state index is -4.14. The zero-order valence-electron chi connectivity index (χ0n) is 10.7. The highest BCUT2D eigenvalue weighted by Gasteiger charge is 2.24. The van der Waals surface area contributed by atoms with E-state index < -0.39 is 34.0 Å². The highest BCUT2D eigenvalue weighted by molar-refractivity contribution is 9.10. The van der Waals surface area contributed by atoms with Crippen LogP contribution in [0.15, 0.2) is 32.0 Å². The lowest BCUT2D eigenvalue weighted by atomic mass is 10.3. The molecule has 1 aromatic carbocycles. The molecule has 5 nitrogen and oxygen atoms in total. The van der Waals surface area contributed by atoms with Crippen molar-refractivity contribution in [2.45, 2.75) is 18.4 Å². The van der Waals surface area contributed by atoms with Crippen molar-refractivity contribution in [2.75, 3.05) is 4.72 Å². The molecule has 0 unspecified atom stereocenters. The molecule has 0 aliphatic rings. The Morgan fingerprint density at radius 3 is 2.52 bits per heavy atom. The fourth-order valence-electron chi connectivity index (χ4n) is 1.70. The van der Waals surface area contributed by atoms with Crippen LogP contribution in [0.3, 0.4) is 0 Å². The van der Waals surface area contributed by atoms with Gasteiger partial charge in [0.2, 0.25) is 0 Å². The average Bonchev–Trinajstić information content (AvgIpc) is 2.76. The predicted molar refractivity (Wildman–Crippen MR) is 74.2 cm³/mol. The summed E-state index contributed by atoms with van der Waals surface area (Å²) >= 11 is 2.89. The summed E-state index contributed by atoms with van der Waals surface area (Å²) in [5.41, 5.74) is -0.414. The van der Waals surface area contributed by atoms with Gasteiger partial charge in [0.25, 0.3) is 10.0 Å². The van der Waals surface area contributed by atoms with Gasteiger partial charge >= 0.3 is 0 Å². The summed E-state index contributed by atoms with van der Waals surface area (Å²) in [5, 5.41) is 8.93. The second-order valence-electron chi connectivity index (χ2n) is 4.14. The van der Waals surface area contributed by atoms with E-state index in [0.29, 0.717) is 6.07 Å². The number of aliphatic hydroxyl groups excluding tert-OH is 1. The first-order chi connectivity index (χ1) is 9.74. The minimum absolute atomic E-state index is 0.0465. The molecule has 0 fully saturated rings. The number of nitrogens with one attached hydrogen (secondary N) is 1. The first kappa shape index (κ1) is 15.9. The number of rotatable bonds is 4. The average molecular weight is 382 g/mol. The lowest BCUT2D eigenvalue weighted by molar-refractivity contribution is 0.245. The van der Waals surface area contributed by atoms with Crippen LogP contribution in [0.5, 0.6) is 0 Å². The summed E-state index contributed by atoms with van der Waals surface area (Å²) in [6, 6.07) is 2.62. The molecule has 0 atom stereocenters. The quantitative estimate of drug-likeness (QED) is 0.853. The van der Waals surface area contributed by atoms with Crippen LogP contribution in [-0.4, -0.2) is 13.5 Å². The Kier molecular flexibility index (Phi) is 4.35. The molecule has 2 N–H and O–H groups in total. The number of furan rings is 1. The second-order valence-corrected chi connectivity index (χ2v) is 6.65. The van der Waals surface area contributed by atoms with E-state index in [1.807, 2.05) is 4.72 Å². The molecule has 0 bridgehead atoms. The molecule has 0 spiro atoms. The molecule has 0 radical (unpaired) electrons. The van der Waals surface area contributed by atoms with E-state index in [-0.39, 0.29) is 20.9 Å². The first-order valence-electron chi connectivity index (χ1n) is 5.62. The fourth-order valence-corrected chi connectivity index (χ4v) is 3.63. The van der Waals surface area contributed by atoms with Gasteiger partial charge in [-0.25, -0.2) is 17.2 Å².